The van der Waals surface area contributed by atoms with E-state index in [9.17, 15) is 0 Å². The Morgan fingerprint density at radius 3 is 2.33 bits per heavy atom. The minimum absolute atomic E-state index is 0.445. The molecule has 1 aromatic heterocycles. The molecule has 3 nitrogen and oxygen atoms in total. The van der Waals surface area contributed by atoms with Gasteiger partial charge in [-0.2, -0.15) is 0 Å². The lowest BCUT2D eigenvalue weighted by atomic mass is 10.0. The molecule has 0 bridgehead atoms. The fourth-order valence-electron chi connectivity index (χ4n) is 2.27. The summed E-state index contributed by atoms with van der Waals surface area (Å²) in [4.78, 5) is 1.31. The van der Waals surface area contributed by atoms with Gasteiger partial charge in [0.15, 0.2) is 0 Å². The van der Waals surface area contributed by atoms with Crippen LogP contribution in [-0.2, 0) is 0 Å². The van der Waals surface area contributed by atoms with E-state index < -0.39 is 0 Å². The fourth-order valence-corrected chi connectivity index (χ4v) is 3.06. The minimum Gasteiger partial charge on any atom is -0.312 e. The predicted molar refractivity (Wildman–Crippen MR) is 79.1 cm³/mol. The smallest absolute Gasteiger partial charge is 0.0772 e. The maximum Gasteiger partial charge on any atom is 0.0772 e. The molecule has 4 heteroatoms. The molecule has 104 valence electrons. The van der Waals surface area contributed by atoms with E-state index in [1.807, 2.05) is 14.0 Å². The van der Waals surface area contributed by atoms with Crippen molar-refractivity contribution in [1.29, 1.82) is 0 Å². The van der Waals surface area contributed by atoms with Crippen molar-refractivity contribution in [3.05, 3.63) is 10.6 Å². The molecule has 1 heterocycles. The molecule has 1 atom stereocenters. The van der Waals surface area contributed by atoms with E-state index in [0.29, 0.717) is 6.04 Å². The summed E-state index contributed by atoms with van der Waals surface area (Å²) in [7, 11) is 2.03. The van der Waals surface area contributed by atoms with Gasteiger partial charge in [-0.25, -0.2) is 0 Å². The van der Waals surface area contributed by atoms with Gasteiger partial charge in [0.25, 0.3) is 0 Å². The summed E-state index contributed by atoms with van der Waals surface area (Å²) >= 11 is 1.53. The molecular formula is C14H27N3S. The second kappa shape index (κ2) is 9.45. The van der Waals surface area contributed by atoms with E-state index in [0.717, 1.165) is 5.69 Å². The predicted octanol–water partition coefficient (Wildman–Crippen LogP) is 4.25. The Balaban J connectivity index is 2.15. The number of hydrogen-bond donors (Lipinski definition) is 1. The Morgan fingerprint density at radius 2 is 1.78 bits per heavy atom. The lowest BCUT2D eigenvalue weighted by molar-refractivity contribution is 0.499. The van der Waals surface area contributed by atoms with Gasteiger partial charge in [0.2, 0.25) is 0 Å². The first-order valence-corrected chi connectivity index (χ1v) is 8.03. The van der Waals surface area contributed by atoms with Crippen molar-refractivity contribution in [3.63, 3.8) is 0 Å². The first-order chi connectivity index (χ1) is 8.79. The molecule has 0 amide bonds. The molecule has 0 spiro atoms. The number of nitrogens with zero attached hydrogens (tertiary/aromatic N) is 2. The highest BCUT2D eigenvalue weighted by Crippen LogP contribution is 2.24. The van der Waals surface area contributed by atoms with Crippen LogP contribution in [0.4, 0.5) is 0 Å². The molecular weight excluding hydrogens is 242 g/mol. The SMILES string of the molecule is CCCCCCCCCC(NC)c1snnc1C. The summed E-state index contributed by atoms with van der Waals surface area (Å²) in [6.45, 7) is 4.32. The summed E-state index contributed by atoms with van der Waals surface area (Å²) in [5.74, 6) is 0. The van der Waals surface area contributed by atoms with E-state index in [1.54, 1.807) is 0 Å². The summed E-state index contributed by atoms with van der Waals surface area (Å²) < 4.78 is 4.02. The van der Waals surface area contributed by atoms with E-state index >= 15 is 0 Å². The van der Waals surface area contributed by atoms with Gasteiger partial charge in [0.1, 0.15) is 0 Å². The van der Waals surface area contributed by atoms with Gasteiger partial charge < -0.3 is 5.32 Å². The van der Waals surface area contributed by atoms with Crippen LogP contribution >= 0.6 is 11.5 Å². The summed E-state index contributed by atoms with van der Waals surface area (Å²) in [6.07, 6.45) is 10.8. The molecule has 0 radical (unpaired) electrons. The zero-order valence-electron chi connectivity index (χ0n) is 12.0. The molecule has 0 fully saturated rings. The Kier molecular flexibility index (Phi) is 8.18. The highest BCUT2D eigenvalue weighted by molar-refractivity contribution is 7.05. The van der Waals surface area contributed by atoms with Crippen molar-refractivity contribution < 1.29 is 0 Å². The molecule has 1 N–H and O–H groups in total. The van der Waals surface area contributed by atoms with E-state index in [1.165, 1.54) is 67.8 Å². The highest BCUT2D eigenvalue weighted by atomic mass is 32.1. The largest absolute Gasteiger partial charge is 0.312 e. The average molecular weight is 269 g/mol. The number of aromatic nitrogens is 2. The second-order valence-corrected chi connectivity index (χ2v) is 5.76. The van der Waals surface area contributed by atoms with Gasteiger partial charge in [0, 0.05) is 6.04 Å². The van der Waals surface area contributed by atoms with E-state index in [2.05, 4.69) is 21.8 Å². The molecule has 0 saturated carbocycles. The van der Waals surface area contributed by atoms with Crippen molar-refractivity contribution in [2.45, 2.75) is 71.3 Å². The van der Waals surface area contributed by atoms with Crippen LogP contribution in [0, 0.1) is 6.92 Å². The van der Waals surface area contributed by atoms with E-state index in [4.69, 9.17) is 0 Å². The molecule has 1 aromatic rings. The fraction of sp³-hybridized carbons (Fsp3) is 0.857. The molecule has 0 aliphatic rings. The molecule has 18 heavy (non-hydrogen) atoms. The third kappa shape index (κ3) is 5.44. The summed E-state index contributed by atoms with van der Waals surface area (Å²) in [5.41, 5.74) is 1.09. The maximum atomic E-state index is 4.09. The minimum atomic E-state index is 0.445. The van der Waals surface area contributed by atoms with Crippen LogP contribution in [0.2, 0.25) is 0 Å². The van der Waals surface area contributed by atoms with Gasteiger partial charge in [0.05, 0.1) is 10.6 Å². The molecule has 1 unspecified atom stereocenters. The first kappa shape index (κ1) is 15.6. The topological polar surface area (TPSA) is 37.8 Å². The van der Waals surface area contributed by atoms with Crippen molar-refractivity contribution in [1.82, 2.24) is 14.9 Å². The van der Waals surface area contributed by atoms with Crippen molar-refractivity contribution in [3.8, 4) is 0 Å². The normalized spacial score (nSPS) is 12.8. The van der Waals surface area contributed by atoms with Crippen LogP contribution in [0.25, 0.3) is 0 Å². The van der Waals surface area contributed by atoms with Crippen molar-refractivity contribution >= 4 is 11.5 Å². The zero-order chi connectivity index (χ0) is 13.2. The van der Waals surface area contributed by atoms with Gasteiger partial charge in [-0.05, 0) is 31.9 Å². The maximum absolute atomic E-state index is 4.09. The Morgan fingerprint density at radius 1 is 1.11 bits per heavy atom. The van der Waals surface area contributed by atoms with Crippen LogP contribution < -0.4 is 5.32 Å². The Labute approximate surface area is 116 Å². The van der Waals surface area contributed by atoms with E-state index in [-0.39, 0.29) is 0 Å². The van der Waals surface area contributed by atoms with Gasteiger partial charge in [-0.15, -0.1) is 5.10 Å². The first-order valence-electron chi connectivity index (χ1n) is 7.25. The standard InChI is InChI=1S/C14H27N3S/c1-4-5-6-7-8-9-10-11-13(15-3)14-12(2)16-17-18-14/h13,15H,4-11H2,1-3H3. The average Bonchev–Trinajstić information content (AvgIpc) is 2.79. The monoisotopic (exact) mass is 269 g/mol. The lowest BCUT2D eigenvalue weighted by Gasteiger charge is -2.14. The number of nitrogens with one attached hydrogen (secondary N) is 1. The zero-order valence-corrected chi connectivity index (χ0v) is 12.9. The molecule has 0 aliphatic carbocycles. The molecule has 1 rings (SSSR count). The van der Waals surface area contributed by atoms with Crippen molar-refractivity contribution in [2.24, 2.45) is 0 Å². The number of rotatable bonds is 10. The van der Waals surface area contributed by atoms with Gasteiger partial charge in [-0.3, -0.25) is 0 Å². The van der Waals surface area contributed by atoms with Crippen LogP contribution in [-0.4, -0.2) is 16.6 Å². The number of hydrogen-bond acceptors (Lipinski definition) is 4. The molecule has 0 aromatic carbocycles. The molecule has 0 saturated heterocycles. The number of aryl methyl sites for hydroxylation is 1. The van der Waals surface area contributed by atoms with Crippen LogP contribution in [0.1, 0.15) is 74.9 Å². The highest BCUT2D eigenvalue weighted by Gasteiger charge is 2.14. The van der Waals surface area contributed by atoms with Gasteiger partial charge in [-0.1, -0.05) is 56.4 Å². The molecule has 0 aliphatic heterocycles. The van der Waals surface area contributed by atoms with Crippen LogP contribution in [0.3, 0.4) is 0 Å². The quantitative estimate of drug-likeness (QED) is 0.645. The summed E-state index contributed by atoms with van der Waals surface area (Å²) in [6, 6.07) is 0.445. The second-order valence-electron chi connectivity index (χ2n) is 4.97. The lowest BCUT2D eigenvalue weighted by Crippen LogP contribution is -2.16. The third-order valence-electron chi connectivity index (χ3n) is 3.45. The number of unbranched alkanes of at least 4 members (excludes halogenated alkanes) is 6. The third-order valence-corrected chi connectivity index (χ3v) is 4.39. The Bertz CT molecular complexity index is 312. The van der Waals surface area contributed by atoms with Crippen molar-refractivity contribution in [2.75, 3.05) is 7.05 Å². The van der Waals surface area contributed by atoms with Gasteiger partial charge >= 0.3 is 0 Å². The Hall–Kier alpha value is -0.480. The van der Waals surface area contributed by atoms with Crippen LogP contribution in [0.15, 0.2) is 0 Å². The van der Waals surface area contributed by atoms with Crippen LogP contribution in [0.5, 0.6) is 0 Å². The summed E-state index contributed by atoms with van der Waals surface area (Å²) in [5, 5.41) is 7.48.